The summed E-state index contributed by atoms with van der Waals surface area (Å²) in [6, 6.07) is 8.37. The van der Waals surface area contributed by atoms with Gasteiger partial charge in [-0.05, 0) is 29.5 Å². The maximum Gasteiger partial charge on any atom is 0.254 e. The lowest BCUT2D eigenvalue weighted by molar-refractivity contribution is 0.344. The molecule has 0 radical (unpaired) electrons. The normalized spacial score (nSPS) is 15.6. The molecule has 0 bridgehead atoms. The van der Waals surface area contributed by atoms with Gasteiger partial charge < -0.3 is 4.74 Å². The van der Waals surface area contributed by atoms with E-state index in [0.29, 0.717) is 12.5 Å². The molecule has 0 unspecified atom stereocenters. The molecule has 4 rings (SSSR count). The average Bonchev–Trinajstić information content (AvgIpc) is 2.86. The van der Waals surface area contributed by atoms with Gasteiger partial charge in [-0.15, -0.1) is 0 Å². The number of nitrogens with one attached hydrogen (secondary N) is 1. The van der Waals surface area contributed by atoms with E-state index in [9.17, 15) is 4.79 Å². The lowest BCUT2D eigenvalue weighted by Gasteiger charge is -2.21. The van der Waals surface area contributed by atoms with E-state index in [1.807, 2.05) is 6.07 Å². The van der Waals surface area contributed by atoms with Gasteiger partial charge in [-0.3, -0.25) is 9.78 Å². The Labute approximate surface area is 104 Å². The fourth-order valence-electron chi connectivity index (χ4n) is 3.09. The van der Waals surface area contributed by atoms with Crippen molar-refractivity contribution in [2.75, 3.05) is 6.61 Å². The molecule has 0 saturated carbocycles. The summed E-state index contributed by atoms with van der Waals surface area (Å²) in [7, 11) is 0. The lowest BCUT2D eigenvalue weighted by atomic mass is 9.84. The molecule has 0 spiro atoms. The largest absolute Gasteiger partial charge is 0.478 e. The first-order valence-corrected chi connectivity index (χ1v) is 6.33. The summed E-state index contributed by atoms with van der Waals surface area (Å²) in [5.41, 5.74) is 5.80. The molecule has 2 aromatic rings. The van der Waals surface area contributed by atoms with Crippen molar-refractivity contribution in [3.63, 3.8) is 0 Å². The molecular weight excluding hydrogens is 226 g/mol. The highest BCUT2D eigenvalue weighted by atomic mass is 16.5. The number of benzene rings is 1. The third-order valence-electron chi connectivity index (χ3n) is 3.91. The van der Waals surface area contributed by atoms with Gasteiger partial charge >= 0.3 is 0 Å². The second-order valence-corrected chi connectivity index (χ2v) is 4.87. The molecule has 2 heterocycles. The van der Waals surface area contributed by atoms with Gasteiger partial charge in [0, 0.05) is 17.5 Å². The molecule has 18 heavy (non-hydrogen) atoms. The van der Waals surface area contributed by atoms with Gasteiger partial charge in [0.05, 0.1) is 6.61 Å². The fraction of sp³-hybridized carbons (Fsp3) is 0.267. The Morgan fingerprint density at radius 1 is 1.06 bits per heavy atom. The summed E-state index contributed by atoms with van der Waals surface area (Å²) in [5, 5.41) is 0. The van der Waals surface area contributed by atoms with E-state index >= 15 is 0 Å². The van der Waals surface area contributed by atoms with Crippen LogP contribution in [0.15, 0.2) is 29.1 Å². The number of hydrogen-bond donors (Lipinski definition) is 1. The molecule has 0 atom stereocenters. The smallest absolute Gasteiger partial charge is 0.254 e. The van der Waals surface area contributed by atoms with E-state index in [4.69, 9.17) is 4.74 Å². The molecule has 2 aliphatic rings. The topological polar surface area (TPSA) is 42.1 Å². The van der Waals surface area contributed by atoms with Gasteiger partial charge in [0.15, 0.2) is 5.88 Å². The molecular formula is C15H13NO2. The van der Waals surface area contributed by atoms with Crippen molar-refractivity contribution in [1.29, 1.82) is 0 Å². The van der Waals surface area contributed by atoms with Crippen LogP contribution < -0.4 is 10.3 Å². The second kappa shape index (κ2) is 3.48. The summed E-state index contributed by atoms with van der Waals surface area (Å²) >= 11 is 0. The Balaban J connectivity index is 2.12. The minimum absolute atomic E-state index is 0.0140. The summed E-state index contributed by atoms with van der Waals surface area (Å²) in [5.74, 6) is 0.676. The van der Waals surface area contributed by atoms with Crippen LogP contribution in [-0.4, -0.2) is 11.6 Å². The quantitative estimate of drug-likeness (QED) is 0.764. The Bertz CT molecular complexity index is 700. The van der Waals surface area contributed by atoms with Crippen LogP contribution >= 0.6 is 0 Å². The van der Waals surface area contributed by atoms with E-state index < -0.39 is 0 Å². The molecule has 1 aliphatic heterocycles. The highest BCUT2D eigenvalue weighted by Crippen LogP contribution is 2.39. The molecule has 0 fully saturated rings. The van der Waals surface area contributed by atoms with Crippen LogP contribution in [0.5, 0.6) is 5.88 Å². The van der Waals surface area contributed by atoms with Crippen LogP contribution in [0.1, 0.15) is 16.7 Å². The SMILES string of the molecule is O=c1[nH]c2c(c3c1CCc1ccccc1-3)CCO2. The number of pyridine rings is 1. The van der Waals surface area contributed by atoms with E-state index in [-0.39, 0.29) is 5.56 Å². The number of aromatic amines is 1. The van der Waals surface area contributed by atoms with Crippen molar-refractivity contribution in [2.24, 2.45) is 0 Å². The van der Waals surface area contributed by atoms with Crippen LogP contribution in [0.4, 0.5) is 0 Å². The first-order valence-electron chi connectivity index (χ1n) is 6.33. The zero-order valence-electron chi connectivity index (χ0n) is 9.95. The minimum Gasteiger partial charge on any atom is -0.478 e. The van der Waals surface area contributed by atoms with E-state index in [1.54, 1.807) is 0 Å². The molecule has 1 aromatic heterocycles. The first kappa shape index (κ1) is 9.95. The second-order valence-electron chi connectivity index (χ2n) is 4.87. The highest BCUT2D eigenvalue weighted by Gasteiger charge is 2.27. The molecule has 1 aliphatic carbocycles. The lowest BCUT2D eigenvalue weighted by Crippen LogP contribution is -2.19. The van der Waals surface area contributed by atoms with Crippen molar-refractivity contribution in [3.05, 3.63) is 51.3 Å². The standard InChI is InChI=1S/C15H13NO2/c17-14-11-6-5-9-3-1-2-4-10(9)13(11)12-7-8-18-15(12)16-14/h1-4H,5-8H2,(H,16,17). The molecule has 0 amide bonds. The van der Waals surface area contributed by atoms with Gasteiger partial charge in [-0.25, -0.2) is 0 Å². The summed E-state index contributed by atoms with van der Waals surface area (Å²) in [4.78, 5) is 15.0. The highest BCUT2D eigenvalue weighted by molar-refractivity contribution is 5.77. The number of hydrogen-bond acceptors (Lipinski definition) is 2. The summed E-state index contributed by atoms with van der Waals surface area (Å²) < 4.78 is 5.50. The molecule has 1 aromatic carbocycles. The van der Waals surface area contributed by atoms with Gasteiger partial charge in [-0.2, -0.15) is 0 Å². The summed E-state index contributed by atoms with van der Waals surface area (Å²) in [6.45, 7) is 0.671. The maximum absolute atomic E-state index is 12.1. The van der Waals surface area contributed by atoms with E-state index in [0.717, 1.165) is 30.4 Å². The zero-order valence-corrected chi connectivity index (χ0v) is 9.95. The van der Waals surface area contributed by atoms with Crippen LogP contribution in [0.25, 0.3) is 11.1 Å². The van der Waals surface area contributed by atoms with Gasteiger partial charge in [-0.1, -0.05) is 24.3 Å². The molecule has 3 heteroatoms. The van der Waals surface area contributed by atoms with Gasteiger partial charge in [0.2, 0.25) is 0 Å². The van der Waals surface area contributed by atoms with Crippen LogP contribution in [0, 0.1) is 0 Å². The third-order valence-corrected chi connectivity index (χ3v) is 3.91. The number of fused-ring (bicyclic) bond motifs is 5. The maximum atomic E-state index is 12.1. The third kappa shape index (κ3) is 1.22. The number of H-pyrrole nitrogens is 1. The fourth-order valence-corrected chi connectivity index (χ4v) is 3.09. The number of aryl methyl sites for hydroxylation is 1. The number of rotatable bonds is 0. The van der Waals surface area contributed by atoms with Crippen LogP contribution in [-0.2, 0) is 19.3 Å². The zero-order chi connectivity index (χ0) is 12.1. The average molecular weight is 239 g/mol. The van der Waals surface area contributed by atoms with Gasteiger partial charge in [0.1, 0.15) is 0 Å². The van der Waals surface area contributed by atoms with Crippen LogP contribution in [0.3, 0.4) is 0 Å². The monoisotopic (exact) mass is 239 g/mol. The Morgan fingerprint density at radius 2 is 1.94 bits per heavy atom. The predicted octanol–water partition coefficient (Wildman–Crippen LogP) is 2.08. The van der Waals surface area contributed by atoms with Crippen molar-refractivity contribution in [1.82, 2.24) is 4.98 Å². The van der Waals surface area contributed by atoms with Crippen molar-refractivity contribution < 1.29 is 4.74 Å². The first-order chi connectivity index (χ1) is 8.84. The van der Waals surface area contributed by atoms with Crippen molar-refractivity contribution in [2.45, 2.75) is 19.3 Å². The number of aromatic nitrogens is 1. The number of ether oxygens (including phenoxy) is 1. The molecule has 3 nitrogen and oxygen atoms in total. The molecule has 1 N–H and O–H groups in total. The Morgan fingerprint density at radius 3 is 2.89 bits per heavy atom. The Hall–Kier alpha value is -2.03. The summed E-state index contributed by atoms with van der Waals surface area (Å²) in [6.07, 6.45) is 2.67. The molecule has 90 valence electrons. The Kier molecular flexibility index (Phi) is 1.92. The van der Waals surface area contributed by atoms with Crippen LogP contribution in [0.2, 0.25) is 0 Å². The molecule has 0 saturated heterocycles. The van der Waals surface area contributed by atoms with E-state index in [1.165, 1.54) is 16.7 Å². The van der Waals surface area contributed by atoms with Gasteiger partial charge in [0.25, 0.3) is 5.56 Å². The van der Waals surface area contributed by atoms with E-state index in [2.05, 4.69) is 23.2 Å². The minimum atomic E-state index is 0.0140. The van der Waals surface area contributed by atoms with Crippen molar-refractivity contribution in [3.8, 4) is 17.0 Å². The predicted molar refractivity (Wildman–Crippen MR) is 69.1 cm³/mol. The van der Waals surface area contributed by atoms with Crippen molar-refractivity contribution >= 4 is 0 Å².